The average molecular weight is 322 g/mol. The zero-order valence-corrected chi connectivity index (χ0v) is 14.3. The van der Waals surface area contributed by atoms with Gasteiger partial charge in [0, 0.05) is 19.0 Å². The van der Waals surface area contributed by atoms with E-state index in [9.17, 15) is 4.79 Å². The zero-order valence-electron chi connectivity index (χ0n) is 14.3. The normalized spacial score (nSPS) is 15.7. The second kappa shape index (κ2) is 8.11. The van der Waals surface area contributed by atoms with E-state index in [1.54, 1.807) is 0 Å². The first-order valence-electron chi connectivity index (χ1n) is 8.85. The Morgan fingerprint density at radius 1 is 0.958 bits per heavy atom. The summed E-state index contributed by atoms with van der Waals surface area (Å²) in [6, 6.07) is 20.8. The Bertz CT molecular complexity index is 596. The Morgan fingerprint density at radius 3 is 1.92 bits per heavy atom. The zero-order chi connectivity index (χ0) is 16.8. The number of rotatable bonds is 6. The number of hydrogen-bond donors (Lipinski definition) is 1. The number of carbonyl (C=O) groups excluding carboxylic acids is 1. The molecule has 0 saturated carbocycles. The van der Waals surface area contributed by atoms with Crippen LogP contribution in [0.5, 0.6) is 0 Å². The quantitative estimate of drug-likeness (QED) is 0.884. The molecule has 1 unspecified atom stereocenters. The van der Waals surface area contributed by atoms with Crippen LogP contribution in [0.2, 0.25) is 0 Å². The number of amides is 1. The molecule has 1 aliphatic heterocycles. The molecule has 1 atom stereocenters. The molecule has 3 heteroatoms. The lowest BCUT2D eigenvalue weighted by molar-refractivity contribution is -0.132. The van der Waals surface area contributed by atoms with E-state index in [0.717, 1.165) is 32.4 Å². The maximum absolute atomic E-state index is 12.8. The molecule has 3 rings (SSSR count). The van der Waals surface area contributed by atoms with Gasteiger partial charge >= 0.3 is 0 Å². The first-order chi connectivity index (χ1) is 11.8. The monoisotopic (exact) mass is 322 g/mol. The molecule has 0 bridgehead atoms. The topological polar surface area (TPSA) is 32.3 Å². The standard InChI is InChI=1S/C21H26N2O/c1-22-20(21(24)23-14-8-9-15-23)16-19(17-10-4-2-5-11-17)18-12-6-3-7-13-18/h2-7,10-13,19-20,22H,8-9,14-16H2,1H3. The van der Waals surface area contributed by atoms with Crippen LogP contribution < -0.4 is 5.32 Å². The second-order valence-corrected chi connectivity index (χ2v) is 6.48. The van der Waals surface area contributed by atoms with Crippen molar-refractivity contribution >= 4 is 5.91 Å². The Kier molecular flexibility index (Phi) is 5.65. The van der Waals surface area contributed by atoms with Crippen LogP contribution in [-0.2, 0) is 4.79 Å². The second-order valence-electron chi connectivity index (χ2n) is 6.48. The van der Waals surface area contributed by atoms with Crippen LogP contribution in [-0.4, -0.2) is 37.0 Å². The lowest BCUT2D eigenvalue weighted by Gasteiger charge is -2.27. The third-order valence-electron chi connectivity index (χ3n) is 4.94. The molecule has 1 heterocycles. The lowest BCUT2D eigenvalue weighted by Crippen LogP contribution is -2.44. The molecular weight excluding hydrogens is 296 g/mol. The summed E-state index contributed by atoms with van der Waals surface area (Å²) < 4.78 is 0. The van der Waals surface area contributed by atoms with Crippen LogP contribution >= 0.6 is 0 Å². The number of hydrogen-bond acceptors (Lipinski definition) is 2. The molecule has 0 radical (unpaired) electrons. The predicted molar refractivity (Wildman–Crippen MR) is 98.0 cm³/mol. The summed E-state index contributed by atoms with van der Waals surface area (Å²) in [5.41, 5.74) is 2.52. The van der Waals surface area contributed by atoms with E-state index in [4.69, 9.17) is 0 Å². The van der Waals surface area contributed by atoms with Crippen LogP contribution in [0.3, 0.4) is 0 Å². The molecule has 1 amide bonds. The molecule has 0 spiro atoms. The summed E-state index contributed by atoms with van der Waals surface area (Å²) in [6.45, 7) is 1.80. The highest BCUT2D eigenvalue weighted by Gasteiger charge is 2.28. The minimum Gasteiger partial charge on any atom is -0.341 e. The average Bonchev–Trinajstić information content (AvgIpc) is 3.18. The number of likely N-dealkylation sites (N-methyl/N-ethyl adjacent to an activating group) is 1. The lowest BCUT2D eigenvalue weighted by atomic mass is 9.85. The maximum Gasteiger partial charge on any atom is 0.239 e. The SMILES string of the molecule is CNC(CC(c1ccccc1)c1ccccc1)C(=O)N1CCCC1. The van der Waals surface area contributed by atoms with Crippen molar-refractivity contribution in [3.8, 4) is 0 Å². The molecule has 2 aromatic carbocycles. The summed E-state index contributed by atoms with van der Waals surface area (Å²) in [5, 5.41) is 3.26. The van der Waals surface area contributed by atoms with Crippen LogP contribution in [0.25, 0.3) is 0 Å². The van der Waals surface area contributed by atoms with Crippen molar-refractivity contribution in [1.82, 2.24) is 10.2 Å². The van der Waals surface area contributed by atoms with Gasteiger partial charge in [-0.25, -0.2) is 0 Å². The highest BCUT2D eigenvalue weighted by Crippen LogP contribution is 2.29. The summed E-state index contributed by atoms with van der Waals surface area (Å²) in [6.07, 6.45) is 3.03. The third-order valence-corrected chi connectivity index (χ3v) is 4.94. The van der Waals surface area contributed by atoms with Gasteiger partial charge in [-0.3, -0.25) is 4.79 Å². The molecule has 3 nitrogen and oxygen atoms in total. The largest absolute Gasteiger partial charge is 0.341 e. The number of benzene rings is 2. The fourth-order valence-electron chi connectivity index (χ4n) is 3.57. The molecule has 24 heavy (non-hydrogen) atoms. The minimum atomic E-state index is -0.145. The highest BCUT2D eigenvalue weighted by molar-refractivity contribution is 5.82. The van der Waals surface area contributed by atoms with Crippen molar-refractivity contribution in [3.63, 3.8) is 0 Å². The van der Waals surface area contributed by atoms with Gasteiger partial charge in [-0.1, -0.05) is 60.7 Å². The summed E-state index contributed by atoms with van der Waals surface area (Å²) in [4.78, 5) is 14.8. The van der Waals surface area contributed by atoms with Crippen LogP contribution in [0, 0.1) is 0 Å². The van der Waals surface area contributed by atoms with Crippen molar-refractivity contribution in [2.24, 2.45) is 0 Å². The Labute approximate surface area is 144 Å². The van der Waals surface area contributed by atoms with Gasteiger partial charge in [-0.15, -0.1) is 0 Å². The van der Waals surface area contributed by atoms with E-state index in [-0.39, 0.29) is 17.9 Å². The van der Waals surface area contributed by atoms with E-state index in [1.807, 2.05) is 24.1 Å². The van der Waals surface area contributed by atoms with E-state index in [0.29, 0.717) is 0 Å². The van der Waals surface area contributed by atoms with Crippen LogP contribution in [0.1, 0.15) is 36.3 Å². The number of nitrogens with zero attached hydrogens (tertiary/aromatic N) is 1. The van der Waals surface area contributed by atoms with E-state index < -0.39 is 0 Å². The first-order valence-corrected chi connectivity index (χ1v) is 8.85. The van der Waals surface area contributed by atoms with E-state index in [2.05, 4.69) is 53.8 Å². The Hall–Kier alpha value is -2.13. The summed E-state index contributed by atoms with van der Waals surface area (Å²) >= 11 is 0. The molecule has 0 aliphatic carbocycles. The molecule has 0 aromatic heterocycles. The number of carbonyl (C=O) groups is 1. The van der Waals surface area contributed by atoms with Crippen LogP contribution in [0.4, 0.5) is 0 Å². The van der Waals surface area contributed by atoms with Gasteiger partial charge in [0.1, 0.15) is 0 Å². The van der Waals surface area contributed by atoms with Gasteiger partial charge in [0.25, 0.3) is 0 Å². The molecule has 1 N–H and O–H groups in total. The third kappa shape index (κ3) is 3.85. The smallest absolute Gasteiger partial charge is 0.239 e. The van der Waals surface area contributed by atoms with E-state index in [1.165, 1.54) is 11.1 Å². The van der Waals surface area contributed by atoms with Crippen molar-refractivity contribution in [2.75, 3.05) is 20.1 Å². The molecule has 126 valence electrons. The molecular formula is C21H26N2O. The van der Waals surface area contributed by atoms with Gasteiger partial charge in [-0.05, 0) is 37.4 Å². The van der Waals surface area contributed by atoms with Gasteiger partial charge in [0.2, 0.25) is 5.91 Å². The minimum absolute atomic E-state index is 0.145. The van der Waals surface area contributed by atoms with Crippen molar-refractivity contribution < 1.29 is 4.79 Å². The number of likely N-dealkylation sites (tertiary alicyclic amines) is 1. The molecule has 1 saturated heterocycles. The Morgan fingerprint density at radius 2 is 1.46 bits per heavy atom. The Balaban J connectivity index is 1.84. The van der Waals surface area contributed by atoms with Gasteiger partial charge in [-0.2, -0.15) is 0 Å². The van der Waals surface area contributed by atoms with E-state index >= 15 is 0 Å². The molecule has 1 aliphatic rings. The van der Waals surface area contributed by atoms with Crippen molar-refractivity contribution in [1.29, 1.82) is 0 Å². The van der Waals surface area contributed by atoms with Crippen molar-refractivity contribution in [2.45, 2.75) is 31.2 Å². The summed E-state index contributed by atoms with van der Waals surface area (Å²) in [7, 11) is 1.89. The van der Waals surface area contributed by atoms with Gasteiger partial charge in [0.05, 0.1) is 6.04 Å². The fourth-order valence-corrected chi connectivity index (χ4v) is 3.57. The summed E-state index contributed by atoms with van der Waals surface area (Å²) in [5.74, 6) is 0.461. The maximum atomic E-state index is 12.8. The first kappa shape index (κ1) is 16.7. The molecule has 2 aromatic rings. The highest BCUT2D eigenvalue weighted by atomic mass is 16.2. The fraction of sp³-hybridized carbons (Fsp3) is 0.381. The van der Waals surface area contributed by atoms with Crippen molar-refractivity contribution in [3.05, 3.63) is 71.8 Å². The number of nitrogens with one attached hydrogen (secondary N) is 1. The van der Waals surface area contributed by atoms with Gasteiger partial charge < -0.3 is 10.2 Å². The predicted octanol–water partition coefficient (Wildman–Crippen LogP) is 3.42. The van der Waals surface area contributed by atoms with Gasteiger partial charge in [0.15, 0.2) is 0 Å². The van der Waals surface area contributed by atoms with Crippen LogP contribution in [0.15, 0.2) is 60.7 Å². The molecule has 1 fully saturated rings.